The van der Waals surface area contributed by atoms with Gasteiger partial charge in [0, 0.05) is 18.1 Å². The number of anilines is 1. The van der Waals surface area contributed by atoms with Gasteiger partial charge in [0.15, 0.2) is 0 Å². The Kier molecular flexibility index (Phi) is 3.14. The van der Waals surface area contributed by atoms with Crippen LogP contribution >= 0.6 is 23.2 Å². The fraction of sp³-hybridized carbons (Fsp3) is 0.500. The molecule has 2 nitrogen and oxygen atoms in total. The molecule has 1 aliphatic rings. The van der Waals surface area contributed by atoms with Gasteiger partial charge in [-0.2, -0.15) is 0 Å². The number of nitrogens with zero attached hydrogens (tertiary/aromatic N) is 1. The number of halogens is 2. The molecule has 1 saturated carbocycles. The molecule has 0 radical (unpaired) electrons. The molecule has 1 aliphatic carbocycles. The van der Waals surface area contributed by atoms with Crippen LogP contribution in [-0.4, -0.2) is 16.9 Å². The molecule has 0 amide bonds. The molecule has 76 valence electrons. The van der Waals surface area contributed by atoms with Crippen LogP contribution in [-0.2, 0) is 0 Å². The van der Waals surface area contributed by atoms with E-state index in [1.165, 1.54) is 0 Å². The summed E-state index contributed by atoms with van der Waals surface area (Å²) in [7, 11) is 0. The van der Waals surface area contributed by atoms with E-state index >= 15 is 0 Å². The lowest BCUT2D eigenvalue weighted by Crippen LogP contribution is -2.30. The maximum absolute atomic E-state index is 5.95. The van der Waals surface area contributed by atoms with Crippen LogP contribution < -0.4 is 5.32 Å². The van der Waals surface area contributed by atoms with Gasteiger partial charge in [-0.05, 0) is 30.9 Å². The second-order valence-corrected chi connectivity index (χ2v) is 4.67. The number of rotatable bonds is 3. The smallest absolute Gasteiger partial charge is 0.144 e. The molecule has 14 heavy (non-hydrogen) atoms. The Morgan fingerprint density at radius 3 is 2.93 bits per heavy atom. The van der Waals surface area contributed by atoms with Gasteiger partial charge in [0.25, 0.3) is 0 Å². The van der Waals surface area contributed by atoms with Crippen LogP contribution in [0.3, 0.4) is 0 Å². The van der Waals surface area contributed by atoms with Crippen LogP contribution in [0, 0.1) is 5.92 Å². The molecular weight excluding hydrogens is 219 g/mol. The highest BCUT2D eigenvalue weighted by atomic mass is 35.5. The van der Waals surface area contributed by atoms with E-state index in [-0.39, 0.29) is 0 Å². The molecule has 1 aromatic heterocycles. The van der Waals surface area contributed by atoms with Crippen LogP contribution in [0.4, 0.5) is 5.82 Å². The van der Waals surface area contributed by atoms with Crippen molar-refractivity contribution >= 4 is 29.0 Å². The highest BCUT2D eigenvalue weighted by Gasteiger charge is 2.26. The molecule has 1 aromatic rings. The molecule has 1 fully saturated rings. The first-order valence-corrected chi connectivity index (χ1v) is 5.55. The zero-order valence-electron chi connectivity index (χ0n) is 7.71. The quantitative estimate of drug-likeness (QED) is 0.808. The highest BCUT2D eigenvalue weighted by molar-refractivity contribution is 6.32. The molecule has 2 rings (SSSR count). The van der Waals surface area contributed by atoms with E-state index in [1.807, 2.05) is 12.1 Å². The maximum atomic E-state index is 5.95. The number of alkyl halides is 1. The van der Waals surface area contributed by atoms with Gasteiger partial charge < -0.3 is 5.32 Å². The Bertz CT molecular complexity index is 311. The normalized spacial score (nSPS) is 25.6. The van der Waals surface area contributed by atoms with Gasteiger partial charge in [-0.25, -0.2) is 4.98 Å². The predicted molar refractivity (Wildman–Crippen MR) is 60.1 cm³/mol. The Hall–Kier alpha value is -0.470. The molecule has 0 unspecified atom stereocenters. The summed E-state index contributed by atoms with van der Waals surface area (Å²) in [4.78, 5) is 4.15. The largest absolute Gasteiger partial charge is 0.369 e. The third kappa shape index (κ3) is 2.31. The van der Waals surface area contributed by atoms with Crippen molar-refractivity contribution in [3.63, 3.8) is 0 Å². The molecular formula is C10H12Cl2N2. The summed E-state index contributed by atoms with van der Waals surface area (Å²) in [5.74, 6) is 1.45. The number of nitrogens with one attached hydrogen (secondary N) is 1. The highest BCUT2D eigenvalue weighted by Crippen LogP contribution is 2.32. The van der Waals surface area contributed by atoms with Gasteiger partial charge in [0.05, 0.1) is 5.02 Å². The third-order valence-electron chi connectivity index (χ3n) is 2.49. The van der Waals surface area contributed by atoms with E-state index in [1.54, 1.807) is 6.20 Å². The van der Waals surface area contributed by atoms with Crippen LogP contribution in [0.1, 0.15) is 12.8 Å². The van der Waals surface area contributed by atoms with Gasteiger partial charge in [-0.1, -0.05) is 11.6 Å². The summed E-state index contributed by atoms with van der Waals surface area (Å²) in [5, 5.41) is 4.28. The fourth-order valence-corrected chi connectivity index (χ4v) is 2.27. The Morgan fingerprint density at radius 1 is 1.50 bits per heavy atom. The standard InChI is InChI=1S/C10H12Cl2N2/c11-8-4-7(5-8)6-14-10-9(12)2-1-3-13-10/h1-3,7-8H,4-6H2,(H,13,14). The molecule has 0 aliphatic heterocycles. The molecule has 0 atom stereocenters. The topological polar surface area (TPSA) is 24.9 Å². The van der Waals surface area contributed by atoms with Crippen molar-refractivity contribution < 1.29 is 0 Å². The fourth-order valence-electron chi connectivity index (χ4n) is 1.58. The Morgan fingerprint density at radius 2 is 2.29 bits per heavy atom. The third-order valence-corrected chi connectivity index (χ3v) is 3.16. The van der Waals surface area contributed by atoms with Crippen LogP contribution in [0.2, 0.25) is 5.02 Å². The summed E-state index contributed by atoms with van der Waals surface area (Å²) in [6.07, 6.45) is 3.93. The first kappa shape index (κ1) is 10.1. The summed E-state index contributed by atoms with van der Waals surface area (Å²) < 4.78 is 0. The molecule has 1 heterocycles. The van der Waals surface area contributed by atoms with Crippen molar-refractivity contribution in [3.8, 4) is 0 Å². The van der Waals surface area contributed by atoms with Crippen molar-refractivity contribution in [3.05, 3.63) is 23.4 Å². The van der Waals surface area contributed by atoms with Gasteiger partial charge in [0.2, 0.25) is 0 Å². The minimum absolute atomic E-state index is 0.376. The van der Waals surface area contributed by atoms with Crippen molar-refractivity contribution in [1.29, 1.82) is 0 Å². The summed E-state index contributed by atoms with van der Waals surface area (Å²) >= 11 is 11.8. The van der Waals surface area contributed by atoms with Crippen LogP contribution in [0.25, 0.3) is 0 Å². The lowest BCUT2D eigenvalue weighted by Gasteiger charge is -2.31. The average molecular weight is 231 g/mol. The van der Waals surface area contributed by atoms with Crippen molar-refractivity contribution in [2.24, 2.45) is 5.92 Å². The molecule has 0 bridgehead atoms. The first-order valence-electron chi connectivity index (χ1n) is 4.74. The van der Waals surface area contributed by atoms with Gasteiger partial charge in [-0.3, -0.25) is 0 Å². The monoisotopic (exact) mass is 230 g/mol. The minimum Gasteiger partial charge on any atom is -0.369 e. The minimum atomic E-state index is 0.376. The van der Waals surface area contributed by atoms with Crippen molar-refractivity contribution in [2.45, 2.75) is 18.2 Å². The van der Waals surface area contributed by atoms with Gasteiger partial charge in [0.1, 0.15) is 5.82 Å². The molecule has 4 heteroatoms. The average Bonchev–Trinajstić information content (AvgIpc) is 2.13. The van der Waals surface area contributed by atoms with Crippen molar-refractivity contribution in [2.75, 3.05) is 11.9 Å². The van der Waals surface area contributed by atoms with E-state index in [2.05, 4.69) is 10.3 Å². The number of aromatic nitrogens is 1. The van der Waals surface area contributed by atoms with E-state index in [0.29, 0.717) is 16.3 Å². The van der Waals surface area contributed by atoms with Crippen LogP contribution in [0.5, 0.6) is 0 Å². The first-order chi connectivity index (χ1) is 6.75. The number of hydrogen-bond acceptors (Lipinski definition) is 2. The second-order valence-electron chi connectivity index (χ2n) is 3.65. The van der Waals surface area contributed by atoms with Gasteiger partial charge >= 0.3 is 0 Å². The van der Waals surface area contributed by atoms with Gasteiger partial charge in [-0.15, -0.1) is 11.6 Å². The zero-order chi connectivity index (χ0) is 9.97. The summed E-state index contributed by atoms with van der Waals surface area (Å²) in [6, 6.07) is 3.66. The van der Waals surface area contributed by atoms with Crippen LogP contribution in [0.15, 0.2) is 18.3 Å². The van der Waals surface area contributed by atoms with Crippen molar-refractivity contribution in [1.82, 2.24) is 4.98 Å². The van der Waals surface area contributed by atoms with E-state index in [4.69, 9.17) is 23.2 Å². The van der Waals surface area contributed by atoms with E-state index < -0.39 is 0 Å². The lowest BCUT2D eigenvalue weighted by atomic mass is 9.85. The van der Waals surface area contributed by atoms with E-state index in [0.717, 1.165) is 25.2 Å². The molecule has 0 spiro atoms. The number of pyridine rings is 1. The predicted octanol–water partition coefficient (Wildman–Crippen LogP) is 3.16. The summed E-state index contributed by atoms with van der Waals surface area (Å²) in [6.45, 7) is 0.917. The Balaban J connectivity index is 1.83. The second kappa shape index (κ2) is 4.37. The summed E-state index contributed by atoms with van der Waals surface area (Å²) in [5.41, 5.74) is 0. The molecule has 1 N–H and O–H groups in total. The number of hydrogen-bond donors (Lipinski definition) is 1. The SMILES string of the molecule is Clc1cccnc1NCC1CC(Cl)C1. The van der Waals surface area contributed by atoms with E-state index in [9.17, 15) is 0 Å². The maximum Gasteiger partial charge on any atom is 0.144 e. The molecule has 0 aromatic carbocycles. The zero-order valence-corrected chi connectivity index (χ0v) is 9.22. The Labute approximate surface area is 93.6 Å². The molecule has 0 saturated heterocycles. The lowest BCUT2D eigenvalue weighted by molar-refractivity contribution is 0.341.